The van der Waals surface area contributed by atoms with Crippen molar-refractivity contribution in [1.29, 1.82) is 0 Å². The van der Waals surface area contributed by atoms with E-state index in [0.717, 1.165) is 12.4 Å². The number of aromatic nitrogens is 6. The largest absolute Gasteiger partial charge is 0.492 e. The number of halogens is 2. The molecule has 0 aliphatic rings. The average Bonchev–Trinajstić information content (AvgIpc) is 2.84. The second-order valence-corrected chi connectivity index (χ2v) is 6.65. The van der Waals surface area contributed by atoms with Crippen molar-refractivity contribution in [3.05, 3.63) is 66.4 Å². The van der Waals surface area contributed by atoms with E-state index in [4.69, 9.17) is 4.74 Å². The lowest BCUT2D eigenvalue weighted by molar-refractivity contribution is 0.0958. The maximum Gasteiger partial charge on any atom is 0.273 e. The minimum Gasteiger partial charge on any atom is -0.492 e. The molecule has 0 atom stereocenters. The van der Waals surface area contributed by atoms with E-state index >= 15 is 0 Å². The second kappa shape index (κ2) is 9.77. The van der Waals surface area contributed by atoms with Gasteiger partial charge in [0.05, 0.1) is 30.8 Å². The highest BCUT2D eigenvalue weighted by atomic mass is 19.1. The predicted molar refractivity (Wildman–Crippen MR) is 118 cm³/mol. The smallest absolute Gasteiger partial charge is 0.273 e. The van der Waals surface area contributed by atoms with Crippen LogP contribution in [-0.4, -0.2) is 50.2 Å². The van der Waals surface area contributed by atoms with Crippen LogP contribution in [0.4, 0.5) is 31.9 Å². The van der Waals surface area contributed by atoms with Gasteiger partial charge in [-0.25, -0.2) is 28.7 Å². The fraction of sp³-hybridized carbons (Fsp3) is 0.0952. The molecule has 4 aromatic rings. The highest BCUT2D eigenvalue weighted by Gasteiger charge is 2.19. The molecule has 0 aromatic carbocycles. The number of nitrogens with zero attached hydrogens (tertiary/aromatic N) is 6. The molecule has 0 saturated carbocycles. The molecule has 0 aliphatic heterocycles. The zero-order valence-electron chi connectivity index (χ0n) is 17.9. The Labute approximate surface area is 191 Å². The number of ether oxygens (including phenoxy) is 1. The molecule has 1 amide bonds. The van der Waals surface area contributed by atoms with Crippen LogP contribution >= 0.6 is 0 Å². The molecule has 3 N–H and O–H groups in total. The number of rotatable bonds is 7. The molecule has 4 heterocycles. The molecule has 0 radical (unpaired) electrons. The molecule has 34 heavy (non-hydrogen) atoms. The predicted octanol–water partition coefficient (Wildman–Crippen LogP) is 2.86. The van der Waals surface area contributed by atoms with Crippen LogP contribution < -0.4 is 20.7 Å². The highest BCUT2D eigenvalue weighted by Crippen LogP contribution is 2.35. The number of methoxy groups -OCH3 is 1. The summed E-state index contributed by atoms with van der Waals surface area (Å²) in [5.41, 5.74) is 0.620. The number of carbonyl (C=O) groups is 1. The van der Waals surface area contributed by atoms with E-state index in [2.05, 4.69) is 46.1 Å². The molecule has 0 unspecified atom stereocenters. The molecule has 11 nitrogen and oxygen atoms in total. The van der Waals surface area contributed by atoms with Crippen molar-refractivity contribution < 1.29 is 18.3 Å². The van der Waals surface area contributed by atoms with Gasteiger partial charge in [0.15, 0.2) is 34.7 Å². The minimum absolute atomic E-state index is 0.0347. The molecule has 0 saturated heterocycles. The van der Waals surface area contributed by atoms with Gasteiger partial charge in [-0.15, -0.1) is 10.2 Å². The van der Waals surface area contributed by atoms with E-state index < -0.39 is 17.5 Å². The van der Waals surface area contributed by atoms with Crippen LogP contribution in [0.1, 0.15) is 10.5 Å². The summed E-state index contributed by atoms with van der Waals surface area (Å²) in [6.07, 6.45) is 4.83. The molecule has 0 aliphatic carbocycles. The molecule has 172 valence electrons. The molecular formula is C21H17F2N9O2. The van der Waals surface area contributed by atoms with Crippen molar-refractivity contribution in [3.63, 3.8) is 0 Å². The zero-order valence-corrected chi connectivity index (χ0v) is 17.9. The van der Waals surface area contributed by atoms with Crippen LogP contribution in [0.5, 0.6) is 5.75 Å². The first kappa shape index (κ1) is 22.4. The third-order valence-corrected chi connectivity index (χ3v) is 4.44. The van der Waals surface area contributed by atoms with Gasteiger partial charge in [0.2, 0.25) is 0 Å². The number of carbonyl (C=O) groups excluding carboxylic acids is 1. The molecule has 13 heteroatoms. The zero-order chi connectivity index (χ0) is 24.1. The van der Waals surface area contributed by atoms with Gasteiger partial charge in [-0.1, -0.05) is 0 Å². The summed E-state index contributed by atoms with van der Waals surface area (Å²) in [7, 11) is 2.87. The van der Waals surface area contributed by atoms with Crippen molar-refractivity contribution in [2.45, 2.75) is 0 Å². The first-order valence-electron chi connectivity index (χ1n) is 9.74. The SMILES string of the molecule is CNC(=O)c1nnc(Nc2cc(F)ccn2)cc1Nc1nccc(-c2ncc(F)cn2)c1OC. The van der Waals surface area contributed by atoms with Crippen molar-refractivity contribution >= 4 is 29.0 Å². The Kier molecular flexibility index (Phi) is 6.43. The number of amides is 1. The Hall–Kier alpha value is -4.81. The van der Waals surface area contributed by atoms with Gasteiger partial charge in [-0.05, 0) is 12.1 Å². The topological polar surface area (TPSA) is 140 Å². The van der Waals surface area contributed by atoms with Gasteiger partial charge in [0.1, 0.15) is 11.6 Å². The van der Waals surface area contributed by atoms with E-state index in [1.165, 1.54) is 44.8 Å². The number of pyridine rings is 2. The summed E-state index contributed by atoms with van der Waals surface area (Å²) in [5.74, 6) is -0.536. The monoisotopic (exact) mass is 465 g/mol. The number of nitrogens with one attached hydrogen (secondary N) is 3. The van der Waals surface area contributed by atoms with E-state index in [0.29, 0.717) is 5.56 Å². The Morgan fingerprint density at radius 2 is 1.68 bits per heavy atom. The van der Waals surface area contributed by atoms with Gasteiger partial charge in [0.25, 0.3) is 5.91 Å². The van der Waals surface area contributed by atoms with Gasteiger partial charge in [-0.3, -0.25) is 4.79 Å². The summed E-state index contributed by atoms with van der Waals surface area (Å²) < 4.78 is 32.3. The van der Waals surface area contributed by atoms with Crippen LogP contribution in [0.15, 0.2) is 49.1 Å². The fourth-order valence-electron chi connectivity index (χ4n) is 2.94. The first-order chi connectivity index (χ1) is 16.5. The third kappa shape index (κ3) is 4.82. The maximum absolute atomic E-state index is 13.5. The normalized spacial score (nSPS) is 10.5. The lowest BCUT2D eigenvalue weighted by Gasteiger charge is -2.15. The lowest BCUT2D eigenvalue weighted by atomic mass is 10.2. The van der Waals surface area contributed by atoms with Gasteiger partial charge in [-0.2, -0.15) is 0 Å². The van der Waals surface area contributed by atoms with E-state index in [1.807, 2.05) is 0 Å². The van der Waals surface area contributed by atoms with Gasteiger partial charge >= 0.3 is 0 Å². The summed E-state index contributed by atoms with van der Waals surface area (Å²) in [4.78, 5) is 28.6. The molecule has 4 aromatic heterocycles. The van der Waals surface area contributed by atoms with Crippen LogP contribution in [-0.2, 0) is 0 Å². The van der Waals surface area contributed by atoms with E-state index in [-0.39, 0.29) is 40.4 Å². The van der Waals surface area contributed by atoms with Gasteiger partial charge in [0, 0.05) is 31.6 Å². The second-order valence-electron chi connectivity index (χ2n) is 6.65. The third-order valence-electron chi connectivity index (χ3n) is 4.44. The lowest BCUT2D eigenvalue weighted by Crippen LogP contribution is -2.21. The van der Waals surface area contributed by atoms with Crippen LogP contribution in [0.2, 0.25) is 0 Å². The quantitative estimate of drug-likeness (QED) is 0.373. The minimum atomic E-state index is -0.582. The Morgan fingerprint density at radius 3 is 2.38 bits per heavy atom. The Morgan fingerprint density at radius 1 is 0.912 bits per heavy atom. The standard InChI is InChI=1S/C21H17F2N9O2/c1-24-21(33)17-14(8-16(31-32-17)30-15-7-11(22)3-5-25-15)29-20-18(34-2)13(4-6-26-20)19-27-9-12(23)10-28-19/h3-10H,1-2H3,(H,24,33)(H2,25,26,29,30,31). The first-order valence-corrected chi connectivity index (χ1v) is 9.74. The van der Waals surface area contributed by atoms with E-state index in [1.54, 1.807) is 6.07 Å². The molecular weight excluding hydrogens is 448 g/mol. The summed E-state index contributed by atoms with van der Waals surface area (Å²) in [5, 5.41) is 16.2. The van der Waals surface area contributed by atoms with Crippen molar-refractivity contribution in [2.24, 2.45) is 0 Å². The molecule has 0 bridgehead atoms. The van der Waals surface area contributed by atoms with Crippen LogP contribution in [0.25, 0.3) is 11.4 Å². The fourth-order valence-corrected chi connectivity index (χ4v) is 2.94. The average molecular weight is 465 g/mol. The van der Waals surface area contributed by atoms with Gasteiger partial charge < -0.3 is 20.7 Å². The van der Waals surface area contributed by atoms with E-state index in [9.17, 15) is 13.6 Å². The molecule has 4 rings (SSSR count). The Bertz CT molecular complexity index is 1340. The molecule has 0 spiro atoms. The maximum atomic E-state index is 13.5. The Balaban J connectivity index is 1.74. The van der Waals surface area contributed by atoms with Crippen LogP contribution in [0, 0.1) is 11.6 Å². The van der Waals surface area contributed by atoms with Crippen LogP contribution in [0.3, 0.4) is 0 Å². The summed E-state index contributed by atoms with van der Waals surface area (Å²) in [6.45, 7) is 0. The molecule has 0 fully saturated rings. The summed E-state index contributed by atoms with van der Waals surface area (Å²) >= 11 is 0. The number of anilines is 4. The van der Waals surface area contributed by atoms with Crippen molar-refractivity contribution in [1.82, 2.24) is 35.5 Å². The highest BCUT2D eigenvalue weighted by molar-refractivity contribution is 5.98. The van der Waals surface area contributed by atoms with Crippen molar-refractivity contribution in [3.8, 4) is 17.1 Å². The number of hydrogen-bond donors (Lipinski definition) is 3. The summed E-state index contributed by atoms with van der Waals surface area (Å²) in [6, 6.07) is 5.46. The van der Waals surface area contributed by atoms with Crippen molar-refractivity contribution in [2.75, 3.05) is 24.8 Å². The number of hydrogen-bond acceptors (Lipinski definition) is 10.